The van der Waals surface area contributed by atoms with Crippen molar-refractivity contribution >= 4 is 27.9 Å². The van der Waals surface area contributed by atoms with Crippen LogP contribution in [0.4, 0.5) is 0 Å². The van der Waals surface area contributed by atoms with Crippen LogP contribution in [-0.2, 0) is 11.3 Å². The van der Waals surface area contributed by atoms with Gasteiger partial charge in [0.1, 0.15) is 0 Å². The van der Waals surface area contributed by atoms with Gasteiger partial charge in [-0.15, -0.1) is 0 Å². The van der Waals surface area contributed by atoms with E-state index >= 15 is 0 Å². The molecule has 2 aromatic carbocycles. The standard InChI is InChI=1S/C19H20BrNO3/c1-21(13-15-6-4-5-7-16(15)20)19(22)11-9-14-8-10-17(23-2)18(12-14)24-3/h4-12H,13H2,1-3H3/b11-9+. The average Bonchev–Trinajstić information content (AvgIpc) is 2.61. The van der Waals surface area contributed by atoms with Crippen LogP contribution in [0.3, 0.4) is 0 Å². The number of likely N-dealkylation sites (N-methyl/N-ethyl adjacent to an activating group) is 1. The van der Waals surface area contributed by atoms with E-state index in [2.05, 4.69) is 15.9 Å². The quantitative estimate of drug-likeness (QED) is 0.696. The fraction of sp³-hybridized carbons (Fsp3) is 0.211. The van der Waals surface area contributed by atoms with E-state index in [0.29, 0.717) is 18.0 Å². The molecule has 0 saturated heterocycles. The molecule has 4 nitrogen and oxygen atoms in total. The molecule has 0 heterocycles. The number of amides is 1. The van der Waals surface area contributed by atoms with Crippen molar-refractivity contribution in [1.82, 2.24) is 4.90 Å². The first kappa shape index (κ1) is 18.1. The minimum Gasteiger partial charge on any atom is -0.493 e. The van der Waals surface area contributed by atoms with Crippen LogP contribution in [0.2, 0.25) is 0 Å². The number of benzene rings is 2. The van der Waals surface area contributed by atoms with Gasteiger partial charge < -0.3 is 14.4 Å². The Hall–Kier alpha value is -2.27. The number of hydrogen-bond acceptors (Lipinski definition) is 3. The molecule has 0 aliphatic carbocycles. The summed E-state index contributed by atoms with van der Waals surface area (Å²) in [6.07, 6.45) is 3.32. The highest BCUT2D eigenvalue weighted by Crippen LogP contribution is 2.28. The molecule has 0 saturated carbocycles. The molecule has 2 aromatic rings. The summed E-state index contributed by atoms with van der Waals surface area (Å²) in [5.74, 6) is 1.22. The van der Waals surface area contributed by atoms with E-state index in [0.717, 1.165) is 15.6 Å². The molecule has 0 atom stereocenters. The number of rotatable bonds is 6. The van der Waals surface area contributed by atoms with Crippen molar-refractivity contribution in [3.05, 3.63) is 64.1 Å². The highest BCUT2D eigenvalue weighted by Gasteiger charge is 2.08. The topological polar surface area (TPSA) is 38.8 Å². The number of carbonyl (C=O) groups excluding carboxylic acids is 1. The number of carbonyl (C=O) groups is 1. The number of ether oxygens (including phenoxy) is 2. The van der Waals surface area contributed by atoms with Crippen LogP contribution < -0.4 is 9.47 Å². The van der Waals surface area contributed by atoms with Crippen LogP contribution in [-0.4, -0.2) is 32.1 Å². The van der Waals surface area contributed by atoms with Gasteiger partial charge in [-0.2, -0.15) is 0 Å². The Kier molecular flexibility index (Phi) is 6.44. The van der Waals surface area contributed by atoms with Crippen LogP contribution >= 0.6 is 15.9 Å². The number of hydrogen-bond donors (Lipinski definition) is 0. The minimum atomic E-state index is -0.0689. The molecule has 5 heteroatoms. The van der Waals surface area contributed by atoms with Gasteiger partial charge in [-0.05, 0) is 35.4 Å². The fourth-order valence-electron chi connectivity index (χ4n) is 2.21. The Morgan fingerprint density at radius 1 is 1.12 bits per heavy atom. The Balaban J connectivity index is 2.05. The van der Waals surface area contributed by atoms with E-state index in [9.17, 15) is 4.79 Å². The summed E-state index contributed by atoms with van der Waals surface area (Å²) in [5.41, 5.74) is 1.93. The van der Waals surface area contributed by atoms with E-state index in [4.69, 9.17) is 9.47 Å². The molecule has 0 aliphatic rings. The molecule has 2 rings (SSSR count). The predicted molar refractivity (Wildman–Crippen MR) is 99.2 cm³/mol. The highest BCUT2D eigenvalue weighted by atomic mass is 79.9. The second-order valence-corrected chi connectivity index (χ2v) is 6.09. The van der Waals surface area contributed by atoms with Crippen molar-refractivity contribution in [2.24, 2.45) is 0 Å². The van der Waals surface area contributed by atoms with Gasteiger partial charge in [0.15, 0.2) is 11.5 Å². The zero-order valence-corrected chi connectivity index (χ0v) is 15.5. The third-order valence-corrected chi connectivity index (χ3v) is 4.34. The van der Waals surface area contributed by atoms with Crippen LogP contribution in [0.15, 0.2) is 53.0 Å². The smallest absolute Gasteiger partial charge is 0.246 e. The summed E-state index contributed by atoms with van der Waals surface area (Å²) in [4.78, 5) is 13.9. The molecule has 126 valence electrons. The Morgan fingerprint density at radius 3 is 2.50 bits per heavy atom. The summed E-state index contributed by atoms with van der Waals surface area (Å²) in [7, 11) is 4.95. The van der Waals surface area contributed by atoms with Gasteiger partial charge in [0, 0.05) is 24.1 Å². The molecule has 0 aliphatic heterocycles. The molecular formula is C19H20BrNO3. The first-order chi connectivity index (χ1) is 11.5. The van der Waals surface area contributed by atoms with Crippen molar-refractivity contribution in [3.63, 3.8) is 0 Å². The molecule has 1 amide bonds. The van der Waals surface area contributed by atoms with Crippen molar-refractivity contribution in [2.75, 3.05) is 21.3 Å². The molecule has 0 unspecified atom stereocenters. The zero-order chi connectivity index (χ0) is 17.5. The molecule has 0 spiro atoms. The van der Waals surface area contributed by atoms with Gasteiger partial charge in [-0.25, -0.2) is 0 Å². The third kappa shape index (κ3) is 4.61. The molecule has 0 fully saturated rings. The highest BCUT2D eigenvalue weighted by molar-refractivity contribution is 9.10. The van der Waals surface area contributed by atoms with Gasteiger partial charge in [-0.3, -0.25) is 4.79 Å². The van der Waals surface area contributed by atoms with Crippen molar-refractivity contribution < 1.29 is 14.3 Å². The summed E-state index contributed by atoms with van der Waals surface area (Å²) in [5, 5.41) is 0. The lowest BCUT2D eigenvalue weighted by atomic mass is 10.1. The second kappa shape index (κ2) is 8.55. The second-order valence-electron chi connectivity index (χ2n) is 5.23. The van der Waals surface area contributed by atoms with Crippen LogP contribution in [0.5, 0.6) is 11.5 Å². The largest absolute Gasteiger partial charge is 0.493 e. The van der Waals surface area contributed by atoms with Crippen LogP contribution in [0, 0.1) is 0 Å². The van der Waals surface area contributed by atoms with Gasteiger partial charge in [0.05, 0.1) is 14.2 Å². The van der Waals surface area contributed by atoms with Gasteiger partial charge in [-0.1, -0.05) is 40.2 Å². The van der Waals surface area contributed by atoms with E-state index in [1.807, 2.05) is 42.5 Å². The zero-order valence-electron chi connectivity index (χ0n) is 14.0. The van der Waals surface area contributed by atoms with Crippen molar-refractivity contribution in [3.8, 4) is 11.5 Å². The molecular weight excluding hydrogens is 370 g/mol. The summed E-state index contributed by atoms with van der Waals surface area (Å²) < 4.78 is 11.5. The first-order valence-corrected chi connectivity index (χ1v) is 8.23. The Morgan fingerprint density at radius 2 is 1.83 bits per heavy atom. The maximum Gasteiger partial charge on any atom is 0.246 e. The minimum absolute atomic E-state index is 0.0689. The first-order valence-electron chi connectivity index (χ1n) is 7.43. The monoisotopic (exact) mass is 389 g/mol. The third-order valence-electron chi connectivity index (χ3n) is 3.57. The van der Waals surface area contributed by atoms with E-state index in [-0.39, 0.29) is 5.91 Å². The number of nitrogens with zero attached hydrogens (tertiary/aromatic N) is 1. The lowest BCUT2D eigenvalue weighted by Gasteiger charge is -2.16. The Bertz CT molecular complexity index is 743. The number of methoxy groups -OCH3 is 2. The maximum absolute atomic E-state index is 12.3. The molecule has 0 radical (unpaired) electrons. The van der Waals surface area contributed by atoms with Crippen LogP contribution in [0.25, 0.3) is 6.08 Å². The van der Waals surface area contributed by atoms with Gasteiger partial charge in [0.2, 0.25) is 5.91 Å². The Labute approximate surface area is 150 Å². The van der Waals surface area contributed by atoms with Crippen molar-refractivity contribution in [1.29, 1.82) is 0 Å². The van der Waals surface area contributed by atoms with E-state index in [1.54, 1.807) is 38.3 Å². The molecule has 0 aromatic heterocycles. The van der Waals surface area contributed by atoms with E-state index in [1.165, 1.54) is 0 Å². The maximum atomic E-state index is 12.3. The molecule has 0 bridgehead atoms. The van der Waals surface area contributed by atoms with Gasteiger partial charge in [0.25, 0.3) is 0 Å². The molecule has 24 heavy (non-hydrogen) atoms. The normalized spacial score (nSPS) is 10.7. The summed E-state index contributed by atoms with van der Waals surface area (Å²) in [6.45, 7) is 0.538. The van der Waals surface area contributed by atoms with Crippen molar-refractivity contribution in [2.45, 2.75) is 6.54 Å². The lowest BCUT2D eigenvalue weighted by molar-refractivity contribution is -0.125. The average molecular weight is 390 g/mol. The number of halogens is 1. The fourth-order valence-corrected chi connectivity index (χ4v) is 2.62. The van der Waals surface area contributed by atoms with Crippen LogP contribution in [0.1, 0.15) is 11.1 Å². The summed E-state index contributed by atoms with van der Waals surface area (Å²) in [6, 6.07) is 13.4. The lowest BCUT2D eigenvalue weighted by Crippen LogP contribution is -2.24. The SMILES string of the molecule is COc1ccc(/C=C/C(=O)N(C)Cc2ccccc2Br)cc1OC. The molecule has 0 N–H and O–H groups in total. The predicted octanol–water partition coefficient (Wildman–Crippen LogP) is 4.14. The van der Waals surface area contributed by atoms with Gasteiger partial charge >= 0.3 is 0 Å². The summed E-state index contributed by atoms with van der Waals surface area (Å²) >= 11 is 3.50. The van der Waals surface area contributed by atoms with E-state index < -0.39 is 0 Å².